The molecule has 0 aliphatic carbocycles. The first-order valence-corrected chi connectivity index (χ1v) is 8.70. The topological polar surface area (TPSA) is 66.7 Å². The Balaban J connectivity index is 1.99. The number of hydrogen-bond acceptors (Lipinski definition) is 3. The van der Waals surface area contributed by atoms with E-state index in [4.69, 9.17) is 11.6 Å². The molecule has 4 rings (SSSR count). The minimum Gasteiger partial charge on any atom is -0.389 e. The summed E-state index contributed by atoms with van der Waals surface area (Å²) >= 11 is 5.93. The van der Waals surface area contributed by atoms with Crippen molar-refractivity contribution in [2.75, 3.05) is 0 Å². The van der Waals surface area contributed by atoms with E-state index in [0.717, 1.165) is 6.07 Å². The number of nitrogens with zero attached hydrogens (tertiary/aromatic N) is 3. The number of imidazole rings is 2. The van der Waals surface area contributed by atoms with Gasteiger partial charge in [-0.3, -0.25) is 4.57 Å². The fourth-order valence-corrected chi connectivity index (χ4v) is 3.30. The molecule has 0 aliphatic rings. The van der Waals surface area contributed by atoms with Crippen LogP contribution in [0.1, 0.15) is 24.2 Å². The molecule has 9 heteroatoms. The van der Waals surface area contributed by atoms with Crippen LogP contribution < -0.4 is 0 Å². The second kappa shape index (κ2) is 6.65. The van der Waals surface area contributed by atoms with E-state index < -0.39 is 22.9 Å². The Labute approximate surface area is 162 Å². The molecule has 0 aliphatic heterocycles. The summed E-state index contributed by atoms with van der Waals surface area (Å²) in [5.41, 5.74) is 1.56. The van der Waals surface area contributed by atoms with Gasteiger partial charge in [-0.2, -0.15) is 13.2 Å². The van der Waals surface area contributed by atoms with Gasteiger partial charge in [0.25, 0.3) is 0 Å². The monoisotopic (exact) mass is 406 g/mol. The average Bonchev–Trinajstić information content (AvgIpc) is 3.27. The summed E-state index contributed by atoms with van der Waals surface area (Å²) in [6, 6.07) is 9.21. The number of nitrogens with one attached hydrogen (secondary N) is 1. The first-order chi connectivity index (χ1) is 13.3. The molecule has 2 N–H and O–H groups in total. The fourth-order valence-electron chi connectivity index (χ4n) is 3.04. The summed E-state index contributed by atoms with van der Waals surface area (Å²) in [5, 5.41) is 9.30. The Morgan fingerprint density at radius 1 is 1.18 bits per heavy atom. The molecule has 28 heavy (non-hydrogen) atoms. The number of benzene rings is 2. The lowest BCUT2D eigenvalue weighted by molar-refractivity contribution is -0.137. The van der Waals surface area contributed by atoms with E-state index in [2.05, 4.69) is 15.0 Å². The van der Waals surface area contributed by atoms with Gasteiger partial charge in [0.05, 0.1) is 40.2 Å². The number of rotatable bonds is 3. The maximum Gasteiger partial charge on any atom is 0.417 e. The normalized spacial score (nSPS) is 13.2. The van der Waals surface area contributed by atoms with E-state index >= 15 is 0 Å². The van der Waals surface area contributed by atoms with Crippen LogP contribution in [0.2, 0.25) is 5.02 Å². The summed E-state index contributed by atoms with van der Waals surface area (Å²) < 4.78 is 41.4. The second-order valence-corrected chi connectivity index (χ2v) is 6.73. The zero-order chi connectivity index (χ0) is 20.1. The van der Waals surface area contributed by atoms with Gasteiger partial charge in [-0.25, -0.2) is 9.97 Å². The van der Waals surface area contributed by atoms with Gasteiger partial charge >= 0.3 is 6.18 Å². The average molecular weight is 407 g/mol. The minimum absolute atomic E-state index is 0.154. The molecule has 0 bridgehead atoms. The number of H-pyrrole nitrogens is 1. The predicted octanol–water partition coefficient (Wildman–Crippen LogP) is 5.14. The van der Waals surface area contributed by atoms with E-state index in [-0.39, 0.29) is 5.52 Å². The summed E-state index contributed by atoms with van der Waals surface area (Å²) in [7, 11) is 0. The molecular weight excluding hydrogens is 393 g/mol. The van der Waals surface area contributed by atoms with Crippen molar-refractivity contribution in [2.24, 2.45) is 0 Å². The third kappa shape index (κ3) is 3.14. The van der Waals surface area contributed by atoms with Gasteiger partial charge in [0, 0.05) is 5.69 Å². The molecule has 2 heterocycles. The van der Waals surface area contributed by atoms with E-state index in [0.29, 0.717) is 28.3 Å². The smallest absolute Gasteiger partial charge is 0.389 e. The highest BCUT2D eigenvalue weighted by molar-refractivity contribution is 6.32. The largest absolute Gasteiger partial charge is 0.417 e. The Morgan fingerprint density at radius 2 is 1.89 bits per heavy atom. The van der Waals surface area contributed by atoms with Crippen LogP contribution in [-0.2, 0) is 6.18 Å². The van der Waals surface area contributed by atoms with Crippen LogP contribution in [0, 0.1) is 0 Å². The van der Waals surface area contributed by atoms with Gasteiger partial charge < -0.3 is 10.1 Å². The van der Waals surface area contributed by atoms with E-state index in [1.807, 2.05) is 0 Å². The molecule has 2 aromatic carbocycles. The minimum atomic E-state index is -4.58. The van der Waals surface area contributed by atoms with Gasteiger partial charge in [0.2, 0.25) is 0 Å². The molecule has 0 saturated heterocycles. The lowest BCUT2D eigenvalue weighted by Crippen LogP contribution is -2.06. The van der Waals surface area contributed by atoms with Gasteiger partial charge in [0.1, 0.15) is 5.69 Å². The van der Waals surface area contributed by atoms with E-state index in [1.165, 1.54) is 18.6 Å². The number of fused-ring (bicyclic) bond motifs is 1. The summed E-state index contributed by atoms with van der Waals surface area (Å²) in [6.45, 7) is 1.65. The van der Waals surface area contributed by atoms with Gasteiger partial charge in [-0.15, -0.1) is 0 Å². The number of hydrogen-bond donors (Lipinski definition) is 2. The van der Waals surface area contributed by atoms with Crippen molar-refractivity contribution in [3.63, 3.8) is 0 Å². The molecule has 5 nitrogen and oxygen atoms in total. The number of halogens is 4. The van der Waals surface area contributed by atoms with Crippen LogP contribution in [0.25, 0.3) is 28.2 Å². The molecule has 0 fully saturated rings. The molecule has 0 spiro atoms. The molecule has 0 saturated carbocycles. The molecule has 2 aromatic heterocycles. The number of alkyl halides is 3. The SMILES string of the molecule is CC(O)c1ccc(-n2c(-c3cnc[nH]3)nc3cc(C(F)(F)F)c(Cl)cc32)cc1. The Kier molecular flexibility index (Phi) is 4.40. The fraction of sp³-hybridized carbons (Fsp3) is 0.158. The van der Waals surface area contributed by atoms with Gasteiger partial charge in [0.15, 0.2) is 5.82 Å². The van der Waals surface area contributed by atoms with E-state index in [9.17, 15) is 18.3 Å². The van der Waals surface area contributed by atoms with Crippen molar-refractivity contribution in [3.05, 3.63) is 65.1 Å². The van der Waals surface area contributed by atoms with Crippen LogP contribution in [0.15, 0.2) is 48.9 Å². The Hall–Kier alpha value is -2.84. The zero-order valence-electron chi connectivity index (χ0n) is 14.5. The van der Waals surface area contributed by atoms with Crippen LogP contribution in [0.4, 0.5) is 13.2 Å². The highest BCUT2D eigenvalue weighted by Gasteiger charge is 2.34. The van der Waals surface area contributed by atoms with E-state index in [1.54, 1.807) is 35.8 Å². The standard InChI is InChI=1S/C19H14ClF3N4O/c1-10(28)11-2-4-12(5-3-11)27-17-7-14(20)13(19(21,22)23)6-15(17)26-18(27)16-8-24-9-25-16/h2-10,28H,1H3,(H,24,25). The summed E-state index contributed by atoms with van der Waals surface area (Å²) in [4.78, 5) is 11.3. The molecular formula is C19H14ClF3N4O. The number of aliphatic hydroxyl groups excluding tert-OH is 1. The van der Waals surface area contributed by atoms with Gasteiger partial charge in [-0.1, -0.05) is 23.7 Å². The van der Waals surface area contributed by atoms with Gasteiger partial charge in [-0.05, 0) is 36.8 Å². The Morgan fingerprint density at radius 3 is 2.46 bits per heavy atom. The van der Waals surface area contributed by atoms with Crippen molar-refractivity contribution in [3.8, 4) is 17.2 Å². The quantitative estimate of drug-likeness (QED) is 0.495. The zero-order valence-corrected chi connectivity index (χ0v) is 15.3. The van der Waals surface area contributed by atoms with Crippen LogP contribution in [0.3, 0.4) is 0 Å². The lowest BCUT2D eigenvalue weighted by Gasteiger charge is -2.12. The molecule has 0 radical (unpaired) electrons. The molecule has 1 unspecified atom stereocenters. The summed E-state index contributed by atoms with van der Waals surface area (Å²) in [6.07, 6.45) is -2.22. The highest BCUT2D eigenvalue weighted by atomic mass is 35.5. The lowest BCUT2D eigenvalue weighted by atomic mass is 10.1. The van der Waals surface area contributed by atoms with Crippen LogP contribution in [0.5, 0.6) is 0 Å². The third-order valence-corrected chi connectivity index (χ3v) is 4.73. The number of aromatic nitrogens is 4. The Bertz CT molecular complexity index is 1130. The van der Waals surface area contributed by atoms with Crippen molar-refractivity contribution in [1.29, 1.82) is 0 Å². The second-order valence-electron chi connectivity index (χ2n) is 6.32. The highest BCUT2D eigenvalue weighted by Crippen LogP contribution is 2.38. The number of aliphatic hydroxyl groups is 1. The predicted molar refractivity (Wildman–Crippen MR) is 99.3 cm³/mol. The summed E-state index contributed by atoms with van der Waals surface area (Å²) in [5.74, 6) is 0.396. The first-order valence-electron chi connectivity index (χ1n) is 8.32. The van der Waals surface area contributed by atoms with Crippen molar-refractivity contribution < 1.29 is 18.3 Å². The maximum atomic E-state index is 13.2. The first kappa shape index (κ1) is 18.5. The molecule has 0 amide bonds. The number of aromatic amines is 1. The molecule has 144 valence electrons. The maximum absolute atomic E-state index is 13.2. The van der Waals surface area contributed by atoms with Crippen molar-refractivity contribution in [1.82, 2.24) is 19.5 Å². The molecule has 4 aromatic rings. The van der Waals surface area contributed by atoms with Crippen molar-refractivity contribution in [2.45, 2.75) is 19.2 Å². The van der Waals surface area contributed by atoms with Crippen LogP contribution >= 0.6 is 11.6 Å². The van der Waals surface area contributed by atoms with Crippen molar-refractivity contribution >= 4 is 22.6 Å². The third-order valence-electron chi connectivity index (χ3n) is 4.42. The molecule has 1 atom stereocenters. The van der Waals surface area contributed by atoms with Crippen LogP contribution in [-0.4, -0.2) is 24.6 Å².